The molecular formula is C21H27ClO3. The van der Waals surface area contributed by atoms with Crippen LogP contribution in [-0.2, 0) is 9.59 Å². The molecule has 4 heteroatoms. The average Bonchev–Trinajstić information content (AvgIpc) is 2.93. The van der Waals surface area contributed by atoms with E-state index in [1.807, 2.05) is 0 Å². The quantitative estimate of drug-likeness (QED) is 0.600. The van der Waals surface area contributed by atoms with Crippen molar-refractivity contribution in [1.29, 1.82) is 0 Å². The van der Waals surface area contributed by atoms with Crippen LogP contribution >= 0.6 is 11.6 Å². The molecule has 0 aliphatic heterocycles. The van der Waals surface area contributed by atoms with Crippen molar-refractivity contribution in [2.75, 3.05) is 5.88 Å². The van der Waals surface area contributed by atoms with Gasteiger partial charge in [0.1, 0.15) is 6.10 Å². The minimum Gasteiger partial charge on any atom is -0.381 e. The van der Waals surface area contributed by atoms with Crippen LogP contribution in [0.15, 0.2) is 23.3 Å². The van der Waals surface area contributed by atoms with Crippen molar-refractivity contribution in [3.05, 3.63) is 23.3 Å². The zero-order chi connectivity index (χ0) is 18.0. The van der Waals surface area contributed by atoms with E-state index >= 15 is 0 Å². The summed E-state index contributed by atoms with van der Waals surface area (Å²) >= 11 is 5.87. The molecule has 0 aromatic rings. The summed E-state index contributed by atoms with van der Waals surface area (Å²) in [7, 11) is 0. The summed E-state index contributed by atoms with van der Waals surface area (Å²) in [6.45, 7) is 4.45. The number of hydrogen-bond donors (Lipinski definition) is 1. The van der Waals surface area contributed by atoms with Crippen molar-refractivity contribution in [3.8, 4) is 0 Å². The van der Waals surface area contributed by atoms with Gasteiger partial charge in [-0.2, -0.15) is 0 Å². The van der Waals surface area contributed by atoms with Gasteiger partial charge >= 0.3 is 0 Å². The van der Waals surface area contributed by atoms with Gasteiger partial charge in [-0.15, -0.1) is 11.6 Å². The number of aliphatic hydroxyl groups is 1. The van der Waals surface area contributed by atoms with E-state index in [0.717, 1.165) is 32.1 Å². The first-order valence-corrected chi connectivity index (χ1v) is 10.1. The number of fused-ring (bicyclic) bond motifs is 5. The van der Waals surface area contributed by atoms with Crippen LogP contribution in [0.25, 0.3) is 0 Å². The van der Waals surface area contributed by atoms with Crippen molar-refractivity contribution in [2.45, 2.75) is 58.5 Å². The molecule has 0 saturated heterocycles. The lowest BCUT2D eigenvalue weighted by molar-refractivity contribution is -0.127. The van der Waals surface area contributed by atoms with Gasteiger partial charge in [0.05, 0.1) is 5.88 Å². The van der Waals surface area contributed by atoms with Gasteiger partial charge in [0.25, 0.3) is 0 Å². The van der Waals surface area contributed by atoms with Gasteiger partial charge in [0, 0.05) is 17.8 Å². The van der Waals surface area contributed by atoms with Crippen LogP contribution in [0.5, 0.6) is 0 Å². The van der Waals surface area contributed by atoms with Crippen molar-refractivity contribution < 1.29 is 14.7 Å². The second-order valence-electron chi connectivity index (χ2n) is 8.96. The fourth-order valence-corrected chi connectivity index (χ4v) is 6.71. The van der Waals surface area contributed by atoms with Crippen LogP contribution in [0.3, 0.4) is 0 Å². The summed E-state index contributed by atoms with van der Waals surface area (Å²) in [6, 6.07) is 0. The molecule has 3 nitrogen and oxygen atoms in total. The summed E-state index contributed by atoms with van der Waals surface area (Å²) in [5.41, 5.74) is 2.41. The van der Waals surface area contributed by atoms with E-state index in [9.17, 15) is 14.7 Å². The SMILES string of the molecule is C[C@]12CC(=O)C(O)C=C1CC[C@@H]1C2=CC[C@]2(C)[C@@H](C(=O)CCl)CC[C@@H]12. The summed E-state index contributed by atoms with van der Waals surface area (Å²) in [5, 5.41) is 9.95. The first kappa shape index (κ1) is 17.5. The van der Waals surface area contributed by atoms with Gasteiger partial charge in [-0.05, 0) is 55.4 Å². The number of aliphatic hydroxyl groups excluding tert-OH is 1. The Bertz CT molecular complexity index is 693. The Morgan fingerprint density at radius 3 is 2.80 bits per heavy atom. The molecule has 25 heavy (non-hydrogen) atoms. The topological polar surface area (TPSA) is 54.4 Å². The monoisotopic (exact) mass is 362 g/mol. The van der Waals surface area contributed by atoms with Crippen LogP contribution in [0, 0.1) is 28.6 Å². The lowest BCUT2D eigenvalue weighted by Gasteiger charge is -2.53. The van der Waals surface area contributed by atoms with Gasteiger partial charge in [-0.1, -0.05) is 31.1 Å². The third-order valence-corrected chi connectivity index (χ3v) is 8.13. The van der Waals surface area contributed by atoms with Crippen LogP contribution in [0.4, 0.5) is 0 Å². The highest BCUT2D eigenvalue weighted by Crippen LogP contribution is 2.64. The molecule has 0 aromatic heterocycles. The third-order valence-electron chi connectivity index (χ3n) is 7.86. The van der Waals surface area contributed by atoms with Crippen molar-refractivity contribution in [1.82, 2.24) is 0 Å². The summed E-state index contributed by atoms with van der Waals surface area (Å²) in [6.07, 6.45) is 8.56. The van der Waals surface area contributed by atoms with Crippen LogP contribution in [-0.4, -0.2) is 28.7 Å². The maximum atomic E-state index is 12.4. The Labute approximate surface area is 154 Å². The molecule has 2 fully saturated rings. The van der Waals surface area contributed by atoms with Gasteiger partial charge in [-0.3, -0.25) is 9.59 Å². The standard InChI is InChI=1S/C21H27ClO3/c1-20-8-7-15-13(14(20)5-6-16(20)19(25)11-22)4-3-12-9-17(23)18(24)10-21(12,15)2/h7,9,13-14,16-17,23H,3-6,8,10-11H2,1-2H3/t13-,14-,16+,17?,20-,21-/m0/s1. The second-order valence-corrected chi connectivity index (χ2v) is 9.23. The number of allylic oxidation sites excluding steroid dienone is 3. The van der Waals surface area contributed by atoms with E-state index in [1.54, 1.807) is 6.08 Å². The van der Waals surface area contributed by atoms with E-state index in [0.29, 0.717) is 18.3 Å². The molecule has 0 bridgehead atoms. The zero-order valence-corrected chi connectivity index (χ0v) is 15.8. The molecule has 0 aromatic carbocycles. The Balaban J connectivity index is 1.72. The molecule has 0 amide bonds. The number of ketones is 2. The third kappa shape index (κ3) is 2.35. The first-order valence-electron chi connectivity index (χ1n) is 9.52. The molecule has 4 aliphatic carbocycles. The average molecular weight is 363 g/mol. The van der Waals surface area contributed by atoms with Crippen molar-refractivity contribution in [2.24, 2.45) is 28.6 Å². The highest BCUT2D eigenvalue weighted by Gasteiger charge is 2.57. The van der Waals surface area contributed by atoms with E-state index in [-0.39, 0.29) is 34.2 Å². The fraction of sp³-hybridized carbons (Fsp3) is 0.714. The maximum Gasteiger partial charge on any atom is 0.166 e. The van der Waals surface area contributed by atoms with E-state index < -0.39 is 6.10 Å². The highest BCUT2D eigenvalue weighted by atomic mass is 35.5. The fourth-order valence-electron chi connectivity index (χ4n) is 6.52. The molecule has 0 spiro atoms. The Hall–Kier alpha value is -0.930. The van der Waals surface area contributed by atoms with Crippen molar-refractivity contribution in [3.63, 3.8) is 0 Å². The van der Waals surface area contributed by atoms with Gasteiger partial charge in [-0.25, -0.2) is 0 Å². The predicted octanol–water partition coefficient (Wildman–Crippen LogP) is 3.83. The van der Waals surface area contributed by atoms with E-state index in [1.165, 1.54) is 11.1 Å². The summed E-state index contributed by atoms with van der Waals surface area (Å²) < 4.78 is 0. The Kier molecular flexibility index (Phi) is 4.05. The number of alkyl halides is 1. The van der Waals surface area contributed by atoms with E-state index in [2.05, 4.69) is 19.9 Å². The molecule has 4 rings (SSSR count). The zero-order valence-electron chi connectivity index (χ0n) is 15.1. The molecule has 1 N–H and O–H groups in total. The van der Waals surface area contributed by atoms with Crippen molar-refractivity contribution >= 4 is 23.2 Å². The lowest BCUT2D eigenvalue weighted by atomic mass is 9.51. The number of carbonyl (C=O) groups excluding carboxylic acids is 2. The largest absolute Gasteiger partial charge is 0.381 e. The normalized spacial score (nSPS) is 45.8. The molecule has 136 valence electrons. The maximum absolute atomic E-state index is 12.4. The summed E-state index contributed by atoms with van der Waals surface area (Å²) in [5.74, 6) is 1.28. The molecule has 4 aliphatic rings. The molecule has 6 atom stereocenters. The van der Waals surface area contributed by atoms with Gasteiger partial charge in [0.2, 0.25) is 0 Å². The number of Topliss-reactive ketones (excluding diaryl/α,β-unsaturated/α-hetero) is 2. The summed E-state index contributed by atoms with van der Waals surface area (Å²) in [4.78, 5) is 24.6. The molecule has 0 heterocycles. The van der Waals surface area contributed by atoms with Crippen LogP contribution < -0.4 is 0 Å². The molecule has 0 radical (unpaired) electrons. The van der Waals surface area contributed by atoms with Crippen LogP contribution in [0.1, 0.15) is 52.4 Å². The molecular weight excluding hydrogens is 336 g/mol. The number of carbonyl (C=O) groups is 2. The minimum absolute atomic E-state index is 0.00983. The van der Waals surface area contributed by atoms with E-state index in [4.69, 9.17) is 11.6 Å². The molecule has 2 saturated carbocycles. The van der Waals surface area contributed by atoms with Gasteiger partial charge < -0.3 is 5.11 Å². The number of rotatable bonds is 2. The number of halogens is 1. The predicted molar refractivity (Wildman–Crippen MR) is 97.3 cm³/mol. The lowest BCUT2D eigenvalue weighted by Crippen LogP contribution is -2.47. The van der Waals surface area contributed by atoms with Crippen LogP contribution in [0.2, 0.25) is 0 Å². The second kappa shape index (κ2) is 5.79. The highest BCUT2D eigenvalue weighted by molar-refractivity contribution is 6.28. The minimum atomic E-state index is -0.925. The smallest absolute Gasteiger partial charge is 0.166 e. The van der Waals surface area contributed by atoms with Gasteiger partial charge in [0.15, 0.2) is 11.6 Å². The Morgan fingerprint density at radius 1 is 1.32 bits per heavy atom. The molecule has 1 unspecified atom stereocenters. The number of hydrogen-bond acceptors (Lipinski definition) is 3. The first-order chi connectivity index (χ1) is 11.8. The Morgan fingerprint density at radius 2 is 2.08 bits per heavy atom.